The molecule has 0 radical (unpaired) electrons. The van der Waals surface area contributed by atoms with Crippen molar-refractivity contribution in [2.24, 2.45) is 0 Å². The Bertz CT molecular complexity index is 830. The minimum atomic E-state index is -3.43. The molecule has 0 amide bonds. The smallest absolute Gasteiger partial charge is 0.243 e. The minimum Gasteiger partial charge on any atom is -0.295 e. The van der Waals surface area contributed by atoms with Crippen LogP contribution in [-0.4, -0.2) is 49.3 Å². The molecule has 0 N–H and O–H groups in total. The lowest BCUT2D eigenvalue weighted by molar-refractivity contribution is 0.132. The second-order valence-electron chi connectivity index (χ2n) is 6.87. The molecular weight excluding hydrogens is 308 g/mol. The van der Waals surface area contributed by atoms with Crippen LogP contribution in [0.4, 0.5) is 0 Å². The van der Waals surface area contributed by atoms with Crippen LogP contribution in [0.3, 0.4) is 0 Å². The lowest BCUT2D eigenvalue weighted by atomic mass is 10.1. The largest absolute Gasteiger partial charge is 0.295 e. The molecule has 0 aromatic heterocycles. The van der Waals surface area contributed by atoms with Gasteiger partial charge in [0.15, 0.2) is 0 Å². The van der Waals surface area contributed by atoms with Crippen LogP contribution in [0.25, 0.3) is 10.8 Å². The molecule has 2 aliphatic rings. The van der Waals surface area contributed by atoms with E-state index < -0.39 is 10.0 Å². The monoisotopic (exact) mass is 330 g/mol. The van der Waals surface area contributed by atoms with Gasteiger partial charge in [-0.15, -0.1) is 0 Å². The minimum absolute atomic E-state index is 0.329. The Morgan fingerprint density at radius 1 is 0.913 bits per heavy atom. The zero-order valence-corrected chi connectivity index (χ0v) is 14.2. The summed E-state index contributed by atoms with van der Waals surface area (Å²) in [6.07, 6.45) is 2.48. The maximum atomic E-state index is 13.1. The van der Waals surface area contributed by atoms with Gasteiger partial charge in [0.2, 0.25) is 10.0 Å². The van der Waals surface area contributed by atoms with Crippen LogP contribution in [0.2, 0.25) is 0 Å². The quantitative estimate of drug-likeness (QED) is 0.869. The summed E-state index contributed by atoms with van der Waals surface area (Å²) in [5.74, 6) is 0. The standard InChI is InChI=1S/C18H22N2O2S/c1-18(9-10-18)19-11-13-20(14-12-19)23(21,22)17-8-4-6-15-5-2-3-7-16(15)17/h2-8H,9-14H2,1H3. The first-order chi connectivity index (χ1) is 11.0. The van der Waals surface area contributed by atoms with Crippen molar-refractivity contribution in [2.75, 3.05) is 26.2 Å². The summed E-state index contributed by atoms with van der Waals surface area (Å²) in [5.41, 5.74) is 0.329. The maximum Gasteiger partial charge on any atom is 0.243 e. The molecule has 0 atom stereocenters. The summed E-state index contributed by atoms with van der Waals surface area (Å²) in [7, 11) is -3.43. The average Bonchev–Trinajstić information content (AvgIpc) is 3.33. The van der Waals surface area contributed by atoms with Gasteiger partial charge in [-0.1, -0.05) is 36.4 Å². The molecule has 1 aliphatic heterocycles. The summed E-state index contributed by atoms with van der Waals surface area (Å²) in [6.45, 7) is 5.12. The van der Waals surface area contributed by atoms with Gasteiger partial charge >= 0.3 is 0 Å². The van der Waals surface area contributed by atoms with Crippen molar-refractivity contribution in [3.63, 3.8) is 0 Å². The SMILES string of the molecule is CC1(N2CCN(S(=O)(=O)c3cccc4ccccc34)CC2)CC1. The third kappa shape index (κ3) is 2.57. The summed E-state index contributed by atoms with van der Waals surface area (Å²) in [6, 6.07) is 13.2. The fourth-order valence-electron chi connectivity index (χ4n) is 3.53. The number of nitrogens with zero attached hydrogens (tertiary/aromatic N) is 2. The van der Waals surface area contributed by atoms with E-state index in [1.807, 2.05) is 36.4 Å². The molecule has 2 fully saturated rings. The molecule has 2 aromatic carbocycles. The van der Waals surface area contributed by atoms with Gasteiger partial charge < -0.3 is 0 Å². The van der Waals surface area contributed by atoms with Gasteiger partial charge in [-0.3, -0.25) is 4.90 Å². The van der Waals surface area contributed by atoms with Crippen LogP contribution in [0.15, 0.2) is 47.4 Å². The van der Waals surface area contributed by atoms with Gasteiger partial charge in [-0.05, 0) is 31.2 Å². The van der Waals surface area contributed by atoms with Crippen molar-refractivity contribution in [3.05, 3.63) is 42.5 Å². The number of piperazine rings is 1. The Labute approximate surface area is 137 Å². The molecule has 0 spiro atoms. The van der Waals surface area contributed by atoms with Crippen LogP contribution in [0.1, 0.15) is 19.8 Å². The predicted octanol–water partition coefficient (Wildman–Crippen LogP) is 2.70. The summed E-state index contributed by atoms with van der Waals surface area (Å²) >= 11 is 0. The lowest BCUT2D eigenvalue weighted by Crippen LogP contribution is -2.52. The Hall–Kier alpha value is -1.43. The molecule has 5 heteroatoms. The highest BCUT2D eigenvalue weighted by atomic mass is 32.2. The van der Waals surface area contributed by atoms with E-state index in [0.717, 1.165) is 23.9 Å². The average molecular weight is 330 g/mol. The third-order valence-corrected chi connectivity index (χ3v) is 7.30. The second kappa shape index (κ2) is 5.30. The van der Waals surface area contributed by atoms with Crippen molar-refractivity contribution in [1.82, 2.24) is 9.21 Å². The van der Waals surface area contributed by atoms with Crippen molar-refractivity contribution in [3.8, 4) is 0 Å². The molecule has 122 valence electrons. The Morgan fingerprint density at radius 3 is 2.26 bits per heavy atom. The number of sulfonamides is 1. The molecule has 4 nitrogen and oxygen atoms in total. The van der Waals surface area contributed by atoms with Gasteiger partial charge in [0, 0.05) is 37.1 Å². The van der Waals surface area contributed by atoms with Crippen molar-refractivity contribution in [2.45, 2.75) is 30.2 Å². The summed E-state index contributed by atoms with van der Waals surface area (Å²) in [5, 5.41) is 1.78. The highest BCUT2D eigenvalue weighted by Crippen LogP contribution is 2.41. The third-order valence-electron chi connectivity index (χ3n) is 5.34. The Morgan fingerprint density at radius 2 is 1.57 bits per heavy atom. The number of fused-ring (bicyclic) bond motifs is 1. The van der Waals surface area contributed by atoms with Crippen LogP contribution >= 0.6 is 0 Å². The van der Waals surface area contributed by atoms with Crippen molar-refractivity contribution in [1.29, 1.82) is 0 Å². The molecule has 1 saturated heterocycles. The van der Waals surface area contributed by atoms with E-state index in [9.17, 15) is 8.42 Å². The zero-order valence-electron chi connectivity index (χ0n) is 13.4. The first kappa shape index (κ1) is 15.1. The van der Waals surface area contributed by atoms with Gasteiger partial charge in [0.1, 0.15) is 0 Å². The zero-order chi connectivity index (χ0) is 16.1. The fourth-order valence-corrected chi connectivity index (χ4v) is 5.16. The number of rotatable bonds is 3. The number of benzene rings is 2. The van der Waals surface area contributed by atoms with E-state index in [0.29, 0.717) is 23.5 Å². The molecule has 1 aliphatic carbocycles. The van der Waals surface area contributed by atoms with Crippen molar-refractivity contribution < 1.29 is 8.42 Å². The normalized spacial score (nSPS) is 22.3. The van der Waals surface area contributed by atoms with Gasteiger partial charge in [-0.2, -0.15) is 4.31 Å². The highest BCUT2D eigenvalue weighted by Gasteiger charge is 2.45. The van der Waals surface area contributed by atoms with Crippen LogP contribution < -0.4 is 0 Å². The van der Waals surface area contributed by atoms with Gasteiger partial charge in [0.25, 0.3) is 0 Å². The number of hydrogen-bond acceptors (Lipinski definition) is 3. The summed E-state index contributed by atoms with van der Waals surface area (Å²) < 4.78 is 27.8. The Balaban J connectivity index is 1.63. The van der Waals surface area contributed by atoms with Crippen LogP contribution in [-0.2, 0) is 10.0 Å². The highest BCUT2D eigenvalue weighted by molar-refractivity contribution is 7.89. The van der Waals surface area contributed by atoms with Crippen LogP contribution in [0, 0.1) is 0 Å². The Kier molecular flexibility index (Phi) is 3.48. The van der Waals surface area contributed by atoms with E-state index in [4.69, 9.17) is 0 Å². The number of hydrogen-bond donors (Lipinski definition) is 0. The van der Waals surface area contributed by atoms with E-state index in [1.165, 1.54) is 12.8 Å². The van der Waals surface area contributed by atoms with Crippen LogP contribution in [0.5, 0.6) is 0 Å². The first-order valence-corrected chi connectivity index (χ1v) is 9.68. The van der Waals surface area contributed by atoms with Crippen molar-refractivity contribution >= 4 is 20.8 Å². The topological polar surface area (TPSA) is 40.6 Å². The second-order valence-corrected chi connectivity index (χ2v) is 8.77. The van der Waals surface area contributed by atoms with Gasteiger partial charge in [0.05, 0.1) is 4.90 Å². The van der Waals surface area contributed by atoms with E-state index in [2.05, 4.69) is 11.8 Å². The summed E-state index contributed by atoms with van der Waals surface area (Å²) in [4.78, 5) is 2.88. The molecule has 1 heterocycles. The maximum absolute atomic E-state index is 13.1. The molecule has 0 bridgehead atoms. The fraction of sp³-hybridized carbons (Fsp3) is 0.444. The first-order valence-electron chi connectivity index (χ1n) is 8.24. The molecule has 0 unspecified atom stereocenters. The molecule has 2 aromatic rings. The molecule has 23 heavy (non-hydrogen) atoms. The lowest BCUT2D eigenvalue weighted by Gasteiger charge is -2.37. The van der Waals surface area contributed by atoms with E-state index in [1.54, 1.807) is 10.4 Å². The van der Waals surface area contributed by atoms with Gasteiger partial charge in [-0.25, -0.2) is 8.42 Å². The predicted molar refractivity (Wildman–Crippen MR) is 91.9 cm³/mol. The molecule has 1 saturated carbocycles. The molecular formula is C18H22N2O2S. The van der Waals surface area contributed by atoms with E-state index in [-0.39, 0.29) is 0 Å². The molecule has 4 rings (SSSR count). The van der Waals surface area contributed by atoms with E-state index >= 15 is 0 Å².